The standard InChI is InChI=1S/C26H18O8/c1-14-9-18(33-26(29)17-7-8-19-20(11-17)32-13-31-19)12-21-23(14)24(27)22(34-21)10-15-3-5-16(6-4-15)25(28)30-2/h3-12H,13H2,1-2H3/b22-10-. The average Bonchev–Trinajstić information content (AvgIpc) is 3.43. The predicted octanol–water partition coefficient (Wildman–Crippen LogP) is 4.35. The summed E-state index contributed by atoms with van der Waals surface area (Å²) in [5.41, 5.74) is 2.39. The molecule has 0 bridgehead atoms. The Labute approximate surface area is 194 Å². The number of carbonyl (C=O) groups is 3. The first-order chi connectivity index (χ1) is 16.4. The summed E-state index contributed by atoms with van der Waals surface area (Å²) in [5, 5.41) is 0. The number of ketones is 1. The van der Waals surface area contributed by atoms with Gasteiger partial charge in [-0.1, -0.05) is 12.1 Å². The highest BCUT2D eigenvalue weighted by Gasteiger charge is 2.30. The molecule has 0 spiro atoms. The Morgan fingerprint density at radius 3 is 2.38 bits per heavy atom. The average molecular weight is 458 g/mol. The molecule has 8 heteroatoms. The molecule has 0 N–H and O–H groups in total. The molecular formula is C26H18O8. The van der Waals surface area contributed by atoms with Crippen molar-refractivity contribution in [1.29, 1.82) is 0 Å². The molecule has 0 amide bonds. The zero-order chi connectivity index (χ0) is 23.8. The monoisotopic (exact) mass is 458 g/mol. The quantitative estimate of drug-likeness (QED) is 0.324. The number of esters is 2. The van der Waals surface area contributed by atoms with Crippen molar-refractivity contribution in [1.82, 2.24) is 0 Å². The van der Waals surface area contributed by atoms with Crippen LogP contribution in [0.2, 0.25) is 0 Å². The molecule has 2 heterocycles. The second-order valence-corrected chi connectivity index (χ2v) is 7.62. The normalized spacial score (nSPS) is 14.5. The Bertz CT molecular complexity index is 1370. The summed E-state index contributed by atoms with van der Waals surface area (Å²) in [4.78, 5) is 37.1. The Morgan fingerprint density at radius 2 is 1.62 bits per heavy atom. The molecule has 0 aliphatic carbocycles. The van der Waals surface area contributed by atoms with E-state index >= 15 is 0 Å². The van der Waals surface area contributed by atoms with Gasteiger partial charge in [0.25, 0.3) is 0 Å². The van der Waals surface area contributed by atoms with E-state index in [4.69, 9.17) is 18.9 Å². The highest BCUT2D eigenvalue weighted by atomic mass is 16.7. The molecule has 3 aromatic rings. The first kappa shape index (κ1) is 21.3. The van der Waals surface area contributed by atoms with Gasteiger partial charge in [0, 0.05) is 6.07 Å². The Balaban J connectivity index is 1.36. The van der Waals surface area contributed by atoms with Crippen molar-refractivity contribution in [2.75, 3.05) is 13.9 Å². The summed E-state index contributed by atoms with van der Waals surface area (Å²) in [6.45, 7) is 1.85. The number of hydrogen-bond acceptors (Lipinski definition) is 8. The van der Waals surface area contributed by atoms with Crippen molar-refractivity contribution in [2.24, 2.45) is 0 Å². The SMILES string of the molecule is COC(=O)c1ccc(/C=C2\Oc3cc(OC(=O)c4ccc5c(c4)OCO5)cc(C)c3C2=O)cc1. The fourth-order valence-corrected chi connectivity index (χ4v) is 3.71. The van der Waals surface area contributed by atoms with Gasteiger partial charge in [0.15, 0.2) is 17.3 Å². The number of benzene rings is 3. The second-order valence-electron chi connectivity index (χ2n) is 7.62. The maximum Gasteiger partial charge on any atom is 0.343 e. The van der Waals surface area contributed by atoms with Crippen LogP contribution in [0.1, 0.15) is 42.2 Å². The Hall–Kier alpha value is -4.59. The number of ether oxygens (including phenoxy) is 5. The van der Waals surface area contributed by atoms with Gasteiger partial charge in [-0.15, -0.1) is 0 Å². The number of Topliss-reactive ketones (excluding diaryl/α,β-unsaturated/α-hetero) is 1. The summed E-state index contributed by atoms with van der Waals surface area (Å²) >= 11 is 0. The summed E-state index contributed by atoms with van der Waals surface area (Å²) in [5.74, 6) is 0.411. The number of carbonyl (C=O) groups excluding carboxylic acids is 3. The van der Waals surface area contributed by atoms with E-state index in [2.05, 4.69) is 4.74 Å². The van der Waals surface area contributed by atoms with Gasteiger partial charge < -0.3 is 23.7 Å². The lowest BCUT2D eigenvalue weighted by molar-refractivity contribution is 0.0600. The maximum absolute atomic E-state index is 12.9. The zero-order valence-corrected chi connectivity index (χ0v) is 18.2. The van der Waals surface area contributed by atoms with E-state index in [9.17, 15) is 14.4 Å². The summed E-state index contributed by atoms with van der Waals surface area (Å²) in [6.07, 6.45) is 1.58. The molecule has 8 nitrogen and oxygen atoms in total. The van der Waals surface area contributed by atoms with Crippen LogP contribution in [0.5, 0.6) is 23.0 Å². The summed E-state index contributed by atoms with van der Waals surface area (Å²) in [6, 6.07) is 14.5. The number of rotatable bonds is 4. The first-order valence-electron chi connectivity index (χ1n) is 10.3. The van der Waals surface area contributed by atoms with Crippen molar-refractivity contribution in [2.45, 2.75) is 6.92 Å². The van der Waals surface area contributed by atoms with Crippen LogP contribution in [0.15, 0.2) is 60.4 Å². The van der Waals surface area contributed by atoms with Gasteiger partial charge in [-0.2, -0.15) is 0 Å². The van der Waals surface area contributed by atoms with Crippen LogP contribution in [0.3, 0.4) is 0 Å². The van der Waals surface area contributed by atoms with E-state index in [1.807, 2.05) is 0 Å². The van der Waals surface area contributed by atoms with Crippen LogP contribution in [-0.2, 0) is 4.74 Å². The molecule has 0 saturated heterocycles. The number of fused-ring (bicyclic) bond motifs is 2. The molecule has 0 unspecified atom stereocenters. The van der Waals surface area contributed by atoms with Crippen LogP contribution < -0.4 is 18.9 Å². The first-order valence-corrected chi connectivity index (χ1v) is 10.3. The van der Waals surface area contributed by atoms with Gasteiger partial charge >= 0.3 is 11.9 Å². The lowest BCUT2D eigenvalue weighted by atomic mass is 10.0. The fraction of sp³-hybridized carbons (Fsp3) is 0.115. The third-order valence-corrected chi connectivity index (χ3v) is 5.39. The van der Waals surface area contributed by atoms with Gasteiger partial charge in [0.2, 0.25) is 12.6 Å². The van der Waals surface area contributed by atoms with E-state index in [1.54, 1.807) is 61.5 Å². The molecule has 0 fully saturated rings. The van der Waals surface area contributed by atoms with Crippen molar-refractivity contribution in [3.05, 3.63) is 88.2 Å². The van der Waals surface area contributed by atoms with Crippen LogP contribution >= 0.6 is 0 Å². The maximum atomic E-state index is 12.9. The van der Waals surface area contributed by atoms with Crippen LogP contribution in [0.4, 0.5) is 0 Å². The minimum atomic E-state index is -0.580. The topological polar surface area (TPSA) is 97.4 Å². The van der Waals surface area contributed by atoms with E-state index in [0.717, 1.165) is 0 Å². The molecule has 0 atom stereocenters. The molecular weight excluding hydrogens is 440 g/mol. The van der Waals surface area contributed by atoms with E-state index < -0.39 is 11.9 Å². The molecule has 0 aromatic heterocycles. The molecule has 2 aliphatic rings. The van der Waals surface area contributed by atoms with Crippen molar-refractivity contribution >= 4 is 23.8 Å². The Morgan fingerprint density at radius 1 is 0.882 bits per heavy atom. The van der Waals surface area contributed by atoms with Crippen LogP contribution in [-0.4, -0.2) is 31.6 Å². The van der Waals surface area contributed by atoms with Crippen molar-refractivity contribution < 1.29 is 38.1 Å². The van der Waals surface area contributed by atoms with Crippen LogP contribution in [0.25, 0.3) is 6.08 Å². The summed E-state index contributed by atoms with van der Waals surface area (Å²) in [7, 11) is 1.31. The van der Waals surface area contributed by atoms with Gasteiger partial charge in [0.1, 0.15) is 11.5 Å². The van der Waals surface area contributed by atoms with E-state index in [-0.39, 0.29) is 24.1 Å². The number of methoxy groups -OCH3 is 1. The fourth-order valence-electron chi connectivity index (χ4n) is 3.71. The molecule has 170 valence electrons. The smallest absolute Gasteiger partial charge is 0.343 e. The van der Waals surface area contributed by atoms with Crippen LogP contribution in [0, 0.1) is 6.92 Å². The highest BCUT2D eigenvalue weighted by Crippen LogP contribution is 2.38. The third-order valence-electron chi connectivity index (χ3n) is 5.39. The molecule has 34 heavy (non-hydrogen) atoms. The van der Waals surface area contributed by atoms with Gasteiger partial charge in [-0.25, -0.2) is 9.59 Å². The molecule has 5 rings (SSSR count). The largest absolute Gasteiger partial charge is 0.465 e. The van der Waals surface area contributed by atoms with Gasteiger partial charge in [-0.05, 0) is 60.5 Å². The van der Waals surface area contributed by atoms with Gasteiger partial charge in [0.05, 0.1) is 23.8 Å². The van der Waals surface area contributed by atoms with Crippen molar-refractivity contribution in [3.8, 4) is 23.0 Å². The minimum absolute atomic E-state index is 0.106. The molecule has 3 aromatic carbocycles. The highest BCUT2D eigenvalue weighted by molar-refractivity contribution is 6.15. The van der Waals surface area contributed by atoms with E-state index in [0.29, 0.717) is 45.1 Å². The summed E-state index contributed by atoms with van der Waals surface area (Å²) < 4.78 is 26.5. The number of aryl methyl sites for hydroxylation is 1. The minimum Gasteiger partial charge on any atom is -0.465 e. The predicted molar refractivity (Wildman–Crippen MR) is 119 cm³/mol. The Kier molecular flexibility index (Phi) is 5.25. The molecule has 2 aliphatic heterocycles. The molecule has 0 radical (unpaired) electrons. The van der Waals surface area contributed by atoms with E-state index in [1.165, 1.54) is 13.2 Å². The zero-order valence-electron chi connectivity index (χ0n) is 18.2. The number of hydrogen-bond donors (Lipinski definition) is 0. The third kappa shape index (κ3) is 3.86. The van der Waals surface area contributed by atoms with Crippen molar-refractivity contribution in [3.63, 3.8) is 0 Å². The lowest BCUT2D eigenvalue weighted by Gasteiger charge is -2.08. The van der Waals surface area contributed by atoms with Gasteiger partial charge in [-0.3, -0.25) is 4.79 Å². The molecule has 0 saturated carbocycles. The second kappa shape index (κ2) is 8.40. The lowest BCUT2D eigenvalue weighted by Crippen LogP contribution is -2.08. The number of allylic oxidation sites excluding steroid dienone is 1.